The van der Waals surface area contributed by atoms with Gasteiger partial charge in [-0.15, -0.1) is 0 Å². The zero-order valence-corrected chi connectivity index (χ0v) is 16.0. The van der Waals surface area contributed by atoms with Gasteiger partial charge in [0.2, 0.25) is 0 Å². The zero-order chi connectivity index (χ0) is 20.1. The van der Waals surface area contributed by atoms with Crippen molar-refractivity contribution in [3.8, 4) is 0 Å². The molecule has 1 aromatic heterocycles. The predicted octanol–water partition coefficient (Wildman–Crippen LogP) is 3.48. The number of carbonyl (C=O) groups is 3. The Morgan fingerprint density at radius 3 is 2.50 bits per heavy atom. The van der Waals surface area contributed by atoms with Gasteiger partial charge in [0.15, 0.2) is 12.4 Å². The van der Waals surface area contributed by atoms with Crippen LogP contribution >= 0.6 is 0 Å². The number of carbonyl (C=O) groups excluding carboxylic acids is 3. The molecular weight excluding hydrogens is 360 g/mol. The third kappa shape index (κ3) is 4.42. The standard InChI is InChI=1S/C21H24N2O5/c1-14-7-5-8-15(2)23(14)19(24)13-28-21(26)16-9-3-4-10-17(16)22-20(25)18-11-6-12-27-18/h3-4,6,9-12,14-15H,5,7-8,13H2,1-2H3,(H,22,25)/t14-,15-/m0/s1. The van der Waals surface area contributed by atoms with Gasteiger partial charge in [-0.25, -0.2) is 4.79 Å². The number of hydrogen-bond acceptors (Lipinski definition) is 5. The third-order valence-corrected chi connectivity index (χ3v) is 4.95. The van der Waals surface area contributed by atoms with Crippen molar-refractivity contribution in [3.05, 3.63) is 54.0 Å². The maximum absolute atomic E-state index is 12.5. The molecule has 7 nitrogen and oxygen atoms in total. The molecular formula is C21H24N2O5. The second kappa shape index (κ2) is 8.73. The second-order valence-electron chi connectivity index (χ2n) is 6.98. The van der Waals surface area contributed by atoms with Crippen LogP contribution in [0.2, 0.25) is 0 Å². The van der Waals surface area contributed by atoms with Crippen LogP contribution in [0.15, 0.2) is 47.1 Å². The summed E-state index contributed by atoms with van der Waals surface area (Å²) in [6, 6.07) is 9.88. The van der Waals surface area contributed by atoms with Crippen molar-refractivity contribution in [1.82, 2.24) is 4.90 Å². The summed E-state index contributed by atoms with van der Waals surface area (Å²) >= 11 is 0. The molecule has 1 saturated heterocycles. The Labute approximate surface area is 163 Å². The van der Waals surface area contributed by atoms with E-state index in [1.165, 1.54) is 18.4 Å². The number of para-hydroxylation sites is 1. The molecule has 7 heteroatoms. The van der Waals surface area contributed by atoms with Crippen LogP contribution in [0.5, 0.6) is 0 Å². The van der Waals surface area contributed by atoms with Gasteiger partial charge in [-0.3, -0.25) is 9.59 Å². The van der Waals surface area contributed by atoms with Crippen LogP contribution in [-0.4, -0.2) is 41.4 Å². The summed E-state index contributed by atoms with van der Waals surface area (Å²) in [5.74, 6) is -1.21. The minimum atomic E-state index is -0.666. The van der Waals surface area contributed by atoms with E-state index >= 15 is 0 Å². The van der Waals surface area contributed by atoms with Crippen LogP contribution in [0.3, 0.4) is 0 Å². The number of piperidine rings is 1. The monoisotopic (exact) mass is 384 g/mol. The smallest absolute Gasteiger partial charge is 0.340 e. The minimum Gasteiger partial charge on any atom is -0.459 e. The number of amides is 2. The van der Waals surface area contributed by atoms with Gasteiger partial charge in [0, 0.05) is 12.1 Å². The first kappa shape index (κ1) is 19.7. The van der Waals surface area contributed by atoms with Crippen molar-refractivity contribution >= 4 is 23.5 Å². The number of rotatable bonds is 5. The van der Waals surface area contributed by atoms with Crippen molar-refractivity contribution in [2.24, 2.45) is 0 Å². The molecule has 1 aliphatic rings. The van der Waals surface area contributed by atoms with E-state index in [-0.39, 0.29) is 35.9 Å². The van der Waals surface area contributed by atoms with E-state index in [1.807, 2.05) is 13.8 Å². The summed E-state index contributed by atoms with van der Waals surface area (Å²) in [7, 11) is 0. The lowest BCUT2D eigenvalue weighted by molar-refractivity contribution is -0.140. The molecule has 0 bridgehead atoms. The lowest BCUT2D eigenvalue weighted by atomic mass is 9.97. The minimum absolute atomic E-state index is 0.131. The maximum Gasteiger partial charge on any atom is 0.340 e. The van der Waals surface area contributed by atoms with Crippen LogP contribution in [0.1, 0.15) is 54.0 Å². The summed E-state index contributed by atoms with van der Waals surface area (Å²) in [4.78, 5) is 39.0. The first-order chi connectivity index (χ1) is 13.5. The van der Waals surface area contributed by atoms with Crippen LogP contribution in [0, 0.1) is 0 Å². The van der Waals surface area contributed by atoms with Crippen LogP contribution < -0.4 is 5.32 Å². The largest absolute Gasteiger partial charge is 0.459 e. The van der Waals surface area contributed by atoms with Gasteiger partial charge >= 0.3 is 5.97 Å². The first-order valence-electron chi connectivity index (χ1n) is 9.39. The molecule has 28 heavy (non-hydrogen) atoms. The Hall–Kier alpha value is -3.09. The number of nitrogens with zero attached hydrogens (tertiary/aromatic N) is 1. The highest BCUT2D eigenvalue weighted by Gasteiger charge is 2.29. The van der Waals surface area contributed by atoms with Gasteiger partial charge in [0.1, 0.15) is 0 Å². The van der Waals surface area contributed by atoms with Gasteiger partial charge in [-0.05, 0) is 57.4 Å². The molecule has 0 radical (unpaired) electrons. The van der Waals surface area contributed by atoms with Crippen molar-refractivity contribution in [2.45, 2.75) is 45.2 Å². The fraction of sp³-hybridized carbons (Fsp3) is 0.381. The molecule has 2 aromatic rings. The molecule has 148 valence electrons. The van der Waals surface area contributed by atoms with Crippen LogP contribution in [0.4, 0.5) is 5.69 Å². The summed E-state index contributed by atoms with van der Waals surface area (Å²) in [5.41, 5.74) is 0.469. The zero-order valence-electron chi connectivity index (χ0n) is 16.0. The lowest BCUT2D eigenvalue weighted by Gasteiger charge is -2.38. The molecule has 2 atom stereocenters. The number of esters is 1. The van der Waals surface area contributed by atoms with E-state index in [9.17, 15) is 14.4 Å². The van der Waals surface area contributed by atoms with E-state index in [4.69, 9.17) is 9.15 Å². The van der Waals surface area contributed by atoms with E-state index < -0.39 is 11.9 Å². The quantitative estimate of drug-likeness (QED) is 0.797. The molecule has 1 aliphatic heterocycles. The molecule has 1 N–H and O–H groups in total. The molecule has 2 heterocycles. The number of benzene rings is 1. The van der Waals surface area contributed by atoms with Crippen molar-refractivity contribution in [3.63, 3.8) is 0 Å². The fourth-order valence-corrected chi connectivity index (χ4v) is 3.55. The van der Waals surface area contributed by atoms with Crippen molar-refractivity contribution in [2.75, 3.05) is 11.9 Å². The summed E-state index contributed by atoms with van der Waals surface area (Å²) in [6.07, 6.45) is 4.38. The number of anilines is 1. The highest BCUT2D eigenvalue weighted by molar-refractivity contribution is 6.06. The molecule has 3 rings (SSSR count). The maximum atomic E-state index is 12.5. The topological polar surface area (TPSA) is 88.9 Å². The van der Waals surface area contributed by atoms with Crippen molar-refractivity contribution < 1.29 is 23.5 Å². The van der Waals surface area contributed by atoms with Gasteiger partial charge in [-0.1, -0.05) is 12.1 Å². The Balaban J connectivity index is 1.64. The first-order valence-corrected chi connectivity index (χ1v) is 9.39. The SMILES string of the molecule is C[C@H]1CCC[C@H](C)N1C(=O)COC(=O)c1ccccc1NC(=O)c1ccco1. The van der Waals surface area contributed by atoms with E-state index in [0.717, 1.165) is 19.3 Å². The Bertz CT molecular complexity index is 836. The summed E-state index contributed by atoms with van der Waals surface area (Å²) < 4.78 is 10.3. The number of furan rings is 1. The van der Waals surface area contributed by atoms with Gasteiger partial charge < -0.3 is 19.4 Å². The molecule has 0 unspecified atom stereocenters. The Morgan fingerprint density at radius 2 is 1.82 bits per heavy atom. The highest BCUT2D eigenvalue weighted by atomic mass is 16.5. The number of nitrogens with one attached hydrogen (secondary N) is 1. The molecule has 1 fully saturated rings. The molecule has 0 aliphatic carbocycles. The number of ether oxygens (including phenoxy) is 1. The number of hydrogen-bond donors (Lipinski definition) is 1. The van der Waals surface area contributed by atoms with E-state index in [2.05, 4.69) is 5.32 Å². The lowest BCUT2D eigenvalue weighted by Crippen LogP contribution is -2.49. The van der Waals surface area contributed by atoms with Crippen LogP contribution in [-0.2, 0) is 9.53 Å². The van der Waals surface area contributed by atoms with E-state index in [0.29, 0.717) is 5.69 Å². The number of likely N-dealkylation sites (tertiary alicyclic amines) is 1. The molecule has 0 spiro atoms. The van der Waals surface area contributed by atoms with E-state index in [1.54, 1.807) is 29.2 Å². The van der Waals surface area contributed by atoms with Gasteiger partial charge in [0.25, 0.3) is 11.8 Å². The second-order valence-corrected chi connectivity index (χ2v) is 6.98. The third-order valence-electron chi connectivity index (χ3n) is 4.95. The molecule has 2 amide bonds. The van der Waals surface area contributed by atoms with Crippen LogP contribution in [0.25, 0.3) is 0 Å². The fourth-order valence-electron chi connectivity index (χ4n) is 3.55. The normalized spacial score (nSPS) is 19.1. The van der Waals surface area contributed by atoms with Gasteiger partial charge in [-0.2, -0.15) is 0 Å². The summed E-state index contributed by atoms with van der Waals surface area (Å²) in [5, 5.41) is 2.63. The Kier molecular flexibility index (Phi) is 6.13. The average Bonchev–Trinajstić information content (AvgIpc) is 3.21. The predicted molar refractivity (Wildman–Crippen MR) is 103 cm³/mol. The van der Waals surface area contributed by atoms with Crippen molar-refractivity contribution in [1.29, 1.82) is 0 Å². The Morgan fingerprint density at radius 1 is 1.11 bits per heavy atom. The average molecular weight is 384 g/mol. The molecule has 1 aromatic carbocycles. The van der Waals surface area contributed by atoms with Gasteiger partial charge in [0.05, 0.1) is 17.5 Å². The molecule has 0 saturated carbocycles. The highest BCUT2D eigenvalue weighted by Crippen LogP contribution is 2.23. The summed E-state index contributed by atoms with van der Waals surface area (Å²) in [6.45, 7) is 3.69.